The lowest BCUT2D eigenvalue weighted by molar-refractivity contribution is 0.0685. The molecular weight excluding hydrogens is 210 g/mol. The van der Waals surface area contributed by atoms with Crippen LogP contribution in [0.5, 0.6) is 0 Å². The van der Waals surface area contributed by atoms with E-state index in [9.17, 15) is 9.59 Å². The number of aromatic amines is 1. The molecule has 0 unspecified atom stereocenters. The molecule has 5 nitrogen and oxygen atoms in total. The van der Waals surface area contributed by atoms with Gasteiger partial charge < -0.3 is 15.2 Å². The molecule has 0 aliphatic carbocycles. The quantitative estimate of drug-likeness (QED) is 0.719. The minimum Gasteiger partial charge on any atom is -0.478 e. The molecule has 1 heterocycles. The van der Waals surface area contributed by atoms with Crippen LogP contribution < -0.4 is 0 Å². The maximum atomic E-state index is 11.0. The number of fused-ring (bicyclic) bond motifs is 1. The summed E-state index contributed by atoms with van der Waals surface area (Å²) in [5, 5.41) is 18.3. The van der Waals surface area contributed by atoms with Gasteiger partial charge in [-0.3, -0.25) is 0 Å². The van der Waals surface area contributed by atoms with E-state index in [-0.39, 0.29) is 11.1 Å². The van der Waals surface area contributed by atoms with Crippen LogP contribution in [-0.2, 0) is 0 Å². The van der Waals surface area contributed by atoms with Gasteiger partial charge in [0.1, 0.15) is 0 Å². The first-order chi connectivity index (χ1) is 7.50. The first-order valence-electron chi connectivity index (χ1n) is 4.59. The number of H-pyrrole nitrogens is 1. The third-order valence-corrected chi connectivity index (χ3v) is 2.45. The number of aromatic carboxylic acids is 2. The number of carboxylic acids is 2. The fourth-order valence-electron chi connectivity index (χ4n) is 1.74. The molecule has 82 valence electrons. The molecule has 16 heavy (non-hydrogen) atoms. The van der Waals surface area contributed by atoms with Gasteiger partial charge in [0, 0.05) is 16.6 Å². The molecule has 5 heteroatoms. The second kappa shape index (κ2) is 3.37. The van der Waals surface area contributed by atoms with E-state index in [0.717, 1.165) is 0 Å². The minimum absolute atomic E-state index is 0.0778. The van der Waals surface area contributed by atoms with Crippen molar-refractivity contribution in [3.63, 3.8) is 0 Å². The van der Waals surface area contributed by atoms with Crippen molar-refractivity contribution in [2.24, 2.45) is 0 Å². The molecule has 1 aromatic heterocycles. The van der Waals surface area contributed by atoms with Crippen LogP contribution in [0.15, 0.2) is 18.2 Å². The molecular formula is C11H9NO4. The summed E-state index contributed by atoms with van der Waals surface area (Å²) in [4.78, 5) is 24.7. The van der Waals surface area contributed by atoms with Gasteiger partial charge >= 0.3 is 11.9 Å². The molecule has 0 aliphatic heterocycles. The summed E-state index contributed by atoms with van der Waals surface area (Å²) in [6.07, 6.45) is 0. The van der Waals surface area contributed by atoms with Gasteiger partial charge in [0.2, 0.25) is 0 Å². The molecule has 0 saturated heterocycles. The van der Waals surface area contributed by atoms with Gasteiger partial charge in [-0.1, -0.05) is 0 Å². The van der Waals surface area contributed by atoms with E-state index in [1.807, 2.05) is 0 Å². The molecule has 0 spiro atoms. The zero-order valence-corrected chi connectivity index (χ0v) is 8.44. The van der Waals surface area contributed by atoms with Crippen molar-refractivity contribution in [3.05, 3.63) is 35.0 Å². The Kier molecular flexibility index (Phi) is 2.16. The largest absolute Gasteiger partial charge is 0.478 e. The molecule has 0 bridgehead atoms. The second-order valence-electron chi connectivity index (χ2n) is 3.50. The van der Waals surface area contributed by atoms with Crippen LogP contribution in [0, 0.1) is 6.92 Å². The summed E-state index contributed by atoms with van der Waals surface area (Å²) < 4.78 is 0. The number of rotatable bonds is 2. The van der Waals surface area contributed by atoms with E-state index in [1.54, 1.807) is 13.0 Å². The number of benzene rings is 1. The maximum absolute atomic E-state index is 11.0. The first-order valence-corrected chi connectivity index (χ1v) is 4.59. The SMILES string of the molecule is Cc1[nH]c2ccc(C(=O)O)cc2c1C(=O)O. The predicted octanol–water partition coefficient (Wildman–Crippen LogP) is 1.87. The smallest absolute Gasteiger partial charge is 0.338 e. The molecule has 2 aromatic rings. The Morgan fingerprint density at radius 1 is 1.19 bits per heavy atom. The molecule has 0 saturated carbocycles. The summed E-state index contributed by atoms with van der Waals surface area (Å²) in [7, 11) is 0. The van der Waals surface area contributed by atoms with Crippen LogP contribution in [0.1, 0.15) is 26.4 Å². The van der Waals surface area contributed by atoms with Crippen molar-refractivity contribution in [2.75, 3.05) is 0 Å². The number of hydrogen-bond donors (Lipinski definition) is 3. The Balaban J connectivity index is 2.79. The summed E-state index contributed by atoms with van der Waals surface area (Å²) >= 11 is 0. The third-order valence-electron chi connectivity index (χ3n) is 2.45. The maximum Gasteiger partial charge on any atom is 0.338 e. The fraction of sp³-hybridized carbons (Fsp3) is 0.0909. The number of carboxylic acid groups (broad SMARTS) is 2. The van der Waals surface area contributed by atoms with Crippen LogP contribution in [0.3, 0.4) is 0 Å². The van der Waals surface area contributed by atoms with Gasteiger partial charge in [0.25, 0.3) is 0 Å². The molecule has 3 N–H and O–H groups in total. The molecule has 1 aromatic carbocycles. The van der Waals surface area contributed by atoms with Gasteiger partial charge in [-0.2, -0.15) is 0 Å². The Morgan fingerprint density at radius 3 is 2.44 bits per heavy atom. The van der Waals surface area contributed by atoms with Gasteiger partial charge in [-0.25, -0.2) is 9.59 Å². The van der Waals surface area contributed by atoms with E-state index in [2.05, 4.69) is 4.98 Å². The highest BCUT2D eigenvalue weighted by Crippen LogP contribution is 2.23. The highest BCUT2D eigenvalue weighted by atomic mass is 16.4. The van der Waals surface area contributed by atoms with Crippen LogP contribution in [0.4, 0.5) is 0 Å². The second-order valence-corrected chi connectivity index (χ2v) is 3.50. The van der Waals surface area contributed by atoms with Crippen molar-refractivity contribution in [1.29, 1.82) is 0 Å². The van der Waals surface area contributed by atoms with E-state index in [4.69, 9.17) is 10.2 Å². The van der Waals surface area contributed by atoms with Gasteiger partial charge in [0.05, 0.1) is 11.1 Å². The zero-order chi connectivity index (χ0) is 11.9. The lowest BCUT2D eigenvalue weighted by Gasteiger charge is -1.96. The summed E-state index contributed by atoms with van der Waals surface area (Å²) in [6.45, 7) is 1.64. The Bertz CT molecular complexity index is 597. The Labute approximate surface area is 90.3 Å². The Morgan fingerprint density at radius 2 is 1.88 bits per heavy atom. The summed E-state index contributed by atoms with van der Waals surface area (Å²) in [6, 6.07) is 4.37. The molecule has 0 amide bonds. The van der Waals surface area contributed by atoms with Crippen molar-refractivity contribution in [1.82, 2.24) is 4.98 Å². The average Bonchev–Trinajstić information content (AvgIpc) is 2.51. The van der Waals surface area contributed by atoms with Gasteiger partial charge in [-0.15, -0.1) is 0 Å². The third kappa shape index (κ3) is 1.42. The van der Waals surface area contributed by atoms with Crippen molar-refractivity contribution < 1.29 is 19.8 Å². The molecule has 0 radical (unpaired) electrons. The van der Waals surface area contributed by atoms with E-state index in [1.165, 1.54) is 12.1 Å². The normalized spacial score (nSPS) is 10.6. The van der Waals surface area contributed by atoms with E-state index >= 15 is 0 Å². The standard InChI is InChI=1S/C11H9NO4/c1-5-9(11(15)16)7-4-6(10(13)14)2-3-8(7)12-5/h2-4,12H,1H3,(H,13,14)(H,15,16). The first kappa shape index (κ1) is 10.2. The predicted molar refractivity (Wildman–Crippen MR) is 57.0 cm³/mol. The van der Waals surface area contributed by atoms with Crippen LogP contribution in [-0.4, -0.2) is 27.1 Å². The van der Waals surface area contributed by atoms with Crippen LogP contribution in [0.2, 0.25) is 0 Å². The minimum atomic E-state index is -1.07. The summed E-state index contributed by atoms with van der Waals surface area (Å²) in [5.41, 5.74) is 1.34. The molecule has 0 aliphatic rings. The number of hydrogen-bond acceptors (Lipinski definition) is 2. The number of carbonyl (C=O) groups is 2. The fourth-order valence-corrected chi connectivity index (χ4v) is 1.74. The van der Waals surface area contributed by atoms with Gasteiger partial charge in [0.15, 0.2) is 0 Å². The van der Waals surface area contributed by atoms with Crippen molar-refractivity contribution >= 4 is 22.8 Å². The molecule has 0 fully saturated rings. The highest BCUT2D eigenvalue weighted by Gasteiger charge is 2.16. The molecule has 2 rings (SSSR count). The van der Waals surface area contributed by atoms with Gasteiger partial charge in [-0.05, 0) is 25.1 Å². The lowest BCUT2D eigenvalue weighted by Crippen LogP contribution is -1.99. The highest BCUT2D eigenvalue weighted by molar-refractivity contribution is 6.06. The van der Waals surface area contributed by atoms with Crippen molar-refractivity contribution in [2.45, 2.75) is 6.92 Å². The van der Waals surface area contributed by atoms with Crippen molar-refractivity contribution in [3.8, 4) is 0 Å². The Hall–Kier alpha value is -2.30. The average molecular weight is 219 g/mol. The van der Waals surface area contributed by atoms with Crippen LogP contribution in [0.25, 0.3) is 10.9 Å². The molecule has 0 atom stereocenters. The number of nitrogens with one attached hydrogen (secondary N) is 1. The lowest BCUT2D eigenvalue weighted by atomic mass is 10.1. The van der Waals surface area contributed by atoms with E-state index < -0.39 is 11.9 Å². The number of aryl methyl sites for hydroxylation is 1. The monoisotopic (exact) mass is 219 g/mol. The topological polar surface area (TPSA) is 90.4 Å². The van der Waals surface area contributed by atoms with E-state index in [0.29, 0.717) is 16.6 Å². The van der Waals surface area contributed by atoms with Crippen LogP contribution >= 0.6 is 0 Å². The summed E-state index contributed by atoms with van der Waals surface area (Å²) in [5.74, 6) is -2.14. The number of aromatic nitrogens is 1. The zero-order valence-electron chi connectivity index (χ0n) is 8.44.